The number of fused-ring (bicyclic) bond motifs is 1. The lowest BCUT2D eigenvalue weighted by Crippen LogP contribution is -2.37. The van der Waals surface area contributed by atoms with Crippen molar-refractivity contribution in [1.29, 1.82) is 0 Å². The van der Waals surface area contributed by atoms with Crippen LogP contribution in [0.15, 0.2) is 42.5 Å². The Morgan fingerprint density at radius 3 is 2.41 bits per heavy atom. The van der Waals surface area contributed by atoms with Gasteiger partial charge in [0.1, 0.15) is 0 Å². The monoisotopic (exact) mass is 235 g/mol. The van der Waals surface area contributed by atoms with E-state index in [1.807, 2.05) is 24.3 Å². The van der Waals surface area contributed by atoms with E-state index < -0.39 is 18.3 Å². The van der Waals surface area contributed by atoms with E-state index in [4.69, 9.17) is 0 Å². The van der Waals surface area contributed by atoms with Gasteiger partial charge in [-0.15, -0.1) is 0 Å². The van der Waals surface area contributed by atoms with Crippen LogP contribution in [0, 0.1) is 0 Å². The number of alkyl halides is 2. The molecule has 2 nitrogen and oxygen atoms in total. The predicted octanol–water partition coefficient (Wildman–Crippen LogP) is 2.50. The first-order chi connectivity index (χ1) is 7.99. The first-order valence-electron chi connectivity index (χ1n) is 5.14. The molecule has 0 spiro atoms. The van der Waals surface area contributed by atoms with Crippen LogP contribution in [0.1, 0.15) is 5.56 Å². The Labute approximate surface area is 97.0 Å². The van der Waals surface area contributed by atoms with Gasteiger partial charge in [0.15, 0.2) is 0 Å². The maximum atomic E-state index is 13.2. The Hall–Kier alpha value is -1.97. The average molecular weight is 235 g/mol. The summed E-state index contributed by atoms with van der Waals surface area (Å²) in [5, 5.41) is 1.84. The Kier molecular flexibility index (Phi) is 2.79. The zero-order valence-corrected chi connectivity index (χ0v) is 8.99. The summed E-state index contributed by atoms with van der Waals surface area (Å²) < 4.78 is 26.3. The third kappa shape index (κ3) is 2.41. The van der Waals surface area contributed by atoms with Crippen LogP contribution in [0.5, 0.6) is 0 Å². The number of hydrogen-bond acceptors (Lipinski definition) is 1. The van der Waals surface area contributed by atoms with Crippen molar-refractivity contribution in [2.75, 3.05) is 0 Å². The van der Waals surface area contributed by atoms with E-state index in [-0.39, 0.29) is 0 Å². The third-order valence-corrected chi connectivity index (χ3v) is 2.60. The summed E-state index contributed by atoms with van der Waals surface area (Å²) in [7, 11) is 0. The summed E-state index contributed by atoms with van der Waals surface area (Å²) in [5.74, 6) is -5.09. The lowest BCUT2D eigenvalue weighted by molar-refractivity contribution is -0.141. The minimum absolute atomic E-state index is 0.396. The molecule has 0 aliphatic carbocycles. The standard InChI is InChI=1S/C13H11F2NO/c14-13(15,12(16)17)8-9-5-6-10-3-1-2-4-11(10)7-9/h1-7H,8H2,(H2,16,17). The highest BCUT2D eigenvalue weighted by molar-refractivity contribution is 5.84. The summed E-state index contributed by atoms with van der Waals surface area (Å²) >= 11 is 0. The van der Waals surface area contributed by atoms with E-state index in [9.17, 15) is 13.6 Å². The summed E-state index contributed by atoms with van der Waals surface area (Å²) in [6.45, 7) is 0. The SMILES string of the molecule is NC(=O)C(F)(F)Cc1ccc2ccccc2c1. The molecule has 0 fully saturated rings. The van der Waals surface area contributed by atoms with Crippen LogP contribution in [0.2, 0.25) is 0 Å². The number of nitrogens with two attached hydrogens (primary N) is 1. The molecule has 1 amide bonds. The van der Waals surface area contributed by atoms with Crippen LogP contribution in [0.25, 0.3) is 10.8 Å². The molecule has 2 N–H and O–H groups in total. The molecule has 2 aromatic rings. The van der Waals surface area contributed by atoms with Crippen LogP contribution < -0.4 is 5.73 Å². The van der Waals surface area contributed by atoms with Gasteiger partial charge in [0.25, 0.3) is 5.91 Å². The molecule has 88 valence electrons. The maximum Gasteiger partial charge on any atom is 0.328 e. The lowest BCUT2D eigenvalue weighted by Gasteiger charge is -2.12. The van der Waals surface area contributed by atoms with Crippen LogP contribution in [-0.2, 0) is 11.2 Å². The molecule has 2 aromatic carbocycles. The van der Waals surface area contributed by atoms with Crippen molar-refractivity contribution in [1.82, 2.24) is 0 Å². The van der Waals surface area contributed by atoms with E-state index in [2.05, 4.69) is 5.73 Å². The van der Waals surface area contributed by atoms with Crippen LogP contribution in [0.4, 0.5) is 8.78 Å². The quantitative estimate of drug-likeness (QED) is 0.872. The fourth-order valence-electron chi connectivity index (χ4n) is 1.69. The van der Waals surface area contributed by atoms with Crippen LogP contribution >= 0.6 is 0 Å². The Balaban J connectivity index is 2.34. The average Bonchev–Trinajstić information content (AvgIpc) is 2.28. The molecule has 0 saturated heterocycles. The molecule has 0 aliphatic heterocycles. The molecular formula is C13H11F2NO. The van der Waals surface area contributed by atoms with E-state index in [0.717, 1.165) is 10.8 Å². The largest absolute Gasteiger partial charge is 0.364 e. The number of carbonyl (C=O) groups excluding carboxylic acids is 1. The summed E-state index contributed by atoms with van der Waals surface area (Å²) in [6, 6.07) is 12.4. The highest BCUT2D eigenvalue weighted by Gasteiger charge is 2.36. The van der Waals surface area contributed by atoms with Gasteiger partial charge in [0.2, 0.25) is 0 Å². The number of halogens is 2. The molecule has 0 bridgehead atoms. The maximum absolute atomic E-state index is 13.2. The second-order valence-electron chi connectivity index (χ2n) is 3.93. The van der Waals surface area contributed by atoms with E-state index in [1.54, 1.807) is 18.2 Å². The molecule has 0 saturated carbocycles. The van der Waals surface area contributed by atoms with Gasteiger partial charge >= 0.3 is 5.92 Å². The van der Waals surface area contributed by atoms with Crippen molar-refractivity contribution < 1.29 is 13.6 Å². The van der Waals surface area contributed by atoms with Gasteiger partial charge in [-0.1, -0.05) is 42.5 Å². The molecule has 17 heavy (non-hydrogen) atoms. The predicted molar refractivity (Wildman–Crippen MR) is 61.8 cm³/mol. The minimum Gasteiger partial charge on any atom is -0.364 e. The van der Waals surface area contributed by atoms with Crippen LogP contribution in [-0.4, -0.2) is 11.8 Å². The van der Waals surface area contributed by atoms with Gasteiger partial charge in [-0.05, 0) is 16.3 Å². The first kappa shape index (κ1) is 11.5. The molecule has 0 unspecified atom stereocenters. The zero-order chi connectivity index (χ0) is 12.5. The van der Waals surface area contributed by atoms with E-state index in [1.165, 1.54) is 0 Å². The van der Waals surface area contributed by atoms with Crippen molar-refractivity contribution >= 4 is 16.7 Å². The fourth-order valence-corrected chi connectivity index (χ4v) is 1.69. The molecule has 0 heterocycles. The number of hydrogen-bond donors (Lipinski definition) is 1. The van der Waals surface area contributed by atoms with Crippen molar-refractivity contribution in [3.05, 3.63) is 48.0 Å². The lowest BCUT2D eigenvalue weighted by atomic mass is 10.0. The van der Waals surface area contributed by atoms with Crippen molar-refractivity contribution in [2.45, 2.75) is 12.3 Å². The minimum atomic E-state index is -3.50. The number of benzene rings is 2. The van der Waals surface area contributed by atoms with Gasteiger partial charge < -0.3 is 5.73 Å². The van der Waals surface area contributed by atoms with E-state index in [0.29, 0.717) is 5.56 Å². The van der Waals surface area contributed by atoms with Gasteiger partial charge in [0, 0.05) is 6.42 Å². The molecule has 2 rings (SSSR count). The van der Waals surface area contributed by atoms with Gasteiger partial charge in [-0.2, -0.15) is 8.78 Å². The molecule has 4 heteroatoms. The third-order valence-electron chi connectivity index (χ3n) is 2.60. The van der Waals surface area contributed by atoms with E-state index >= 15 is 0 Å². The van der Waals surface area contributed by atoms with Crippen molar-refractivity contribution in [3.63, 3.8) is 0 Å². The second-order valence-corrected chi connectivity index (χ2v) is 3.93. The molecule has 0 radical (unpaired) electrons. The second kappa shape index (κ2) is 4.13. The number of carbonyl (C=O) groups is 1. The zero-order valence-electron chi connectivity index (χ0n) is 8.99. The Morgan fingerprint density at radius 2 is 1.76 bits per heavy atom. The van der Waals surface area contributed by atoms with Crippen LogP contribution in [0.3, 0.4) is 0 Å². The molecule has 0 aliphatic rings. The topological polar surface area (TPSA) is 43.1 Å². The summed E-state index contributed by atoms with van der Waals surface area (Å²) in [5.41, 5.74) is 5.04. The number of amides is 1. The van der Waals surface area contributed by atoms with Crippen molar-refractivity contribution in [3.8, 4) is 0 Å². The molecule has 0 aromatic heterocycles. The highest BCUT2D eigenvalue weighted by atomic mass is 19.3. The Morgan fingerprint density at radius 1 is 1.12 bits per heavy atom. The van der Waals surface area contributed by atoms with Gasteiger partial charge in [-0.3, -0.25) is 4.79 Å². The van der Waals surface area contributed by atoms with Gasteiger partial charge in [0.05, 0.1) is 0 Å². The van der Waals surface area contributed by atoms with Crippen molar-refractivity contribution in [2.24, 2.45) is 5.73 Å². The fraction of sp³-hybridized carbons (Fsp3) is 0.154. The summed E-state index contributed by atoms with van der Waals surface area (Å²) in [6.07, 6.45) is -0.660. The number of rotatable bonds is 3. The van der Waals surface area contributed by atoms with Gasteiger partial charge in [-0.25, -0.2) is 0 Å². The Bertz CT molecular complexity index is 566. The smallest absolute Gasteiger partial charge is 0.328 e. The highest BCUT2D eigenvalue weighted by Crippen LogP contribution is 2.22. The summed E-state index contributed by atoms with van der Waals surface area (Å²) in [4.78, 5) is 10.6. The normalized spacial score (nSPS) is 11.6. The first-order valence-corrected chi connectivity index (χ1v) is 5.14. The molecular weight excluding hydrogens is 224 g/mol. The molecule has 0 atom stereocenters. The number of primary amides is 1.